The van der Waals surface area contributed by atoms with Crippen LogP contribution in [-0.4, -0.2) is 58.0 Å². The van der Waals surface area contributed by atoms with Crippen LogP contribution in [0.25, 0.3) is 0 Å². The molecule has 1 amide bonds. The van der Waals surface area contributed by atoms with E-state index in [9.17, 15) is 14.7 Å². The fraction of sp³-hybridized carbons (Fsp3) is 0.846. The molecule has 5 heteroatoms. The quantitative estimate of drug-likeness (QED) is 0.811. The first-order valence-electron chi connectivity index (χ1n) is 6.77. The molecule has 5 nitrogen and oxygen atoms in total. The van der Waals surface area contributed by atoms with E-state index < -0.39 is 11.5 Å². The first kappa shape index (κ1) is 13.3. The summed E-state index contributed by atoms with van der Waals surface area (Å²) in [7, 11) is 0. The third-order valence-corrected chi connectivity index (χ3v) is 4.24. The maximum Gasteiger partial charge on any atom is 0.329 e. The van der Waals surface area contributed by atoms with Crippen molar-refractivity contribution in [3.8, 4) is 0 Å². The minimum absolute atomic E-state index is 0.0927. The summed E-state index contributed by atoms with van der Waals surface area (Å²) in [5.74, 6) is -0.926. The predicted molar refractivity (Wildman–Crippen MR) is 67.3 cm³/mol. The van der Waals surface area contributed by atoms with E-state index >= 15 is 0 Å². The number of carbonyl (C=O) groups excluding carboxylic acids is 1. The number of likely N-dealkylation sites (tertiary alicyclic amines) is 1. The summed E-state index contributed by atoms with van der Waals surface area (Å²) in [6, 6.07) is 0.159. The third-order valence-electron chi connectivity index (χ3n) is 4.24. The Labute approximate surface area is 108 Å². The number of amides is 1. The molecule has 1 aliphatic heterocycles. The molecule has 102 valence electrons. The second kappa shape index (κ2) is 4.88. The summed E-state index contributed by atoms with van der Waals surface area (Å²) in [6.07, 6.45) is 3.00. The Morgan fingerprint density at radius 1 is 1.33 bits per heavy atom. The zero-order valence-electron chi connectivity index (χ0n) is 11.2. The van der Waals surface area contributed by atoms with Gasteiger partial charge in [-0.1, -0.05) is 6.92 Å². The lowest BCUT2D eigenvalue weighted by atomic mass is 9.85. The Bertz CT molecular complexity index is 344. The Morgan fingerprint density at radius 3 is 2.22 bits per heavy atom. The van der Waals surface area contributed by atoms with E-state index in [0.29, 0.717) is 12.8 Å². The Morgan fingerprint density at radius 2 is 1.89 bits per heavy atom. The number of hydrogen-bond donors (Lipinski definition) is 1. The standard InChI is InChI=1S/C13H22N2O3/c1-3-14-8-6-13(7-9-14,12(17)18)15(10(2)16)11-4-5-11/h11H,3-9H2,1-2H3,(H,17,18). The van der Waals surface area contributed by atoms with Crippen LogP contribution in [0.15, 0.2) is 0 Å². The topological polar surface area (TPSA) is 60.9 Å². The maximum atomic E-state index is 11.8. The van der Waals surface area contributed by atoms with Crippen LogP contribution in [0.4, 0.5) is 0 Å². The number of piperidine rings is 1. The maximum absolute atomic E-state index is 11.8. The number of rotatable bonds is 4. The molecule has 2 aliphatic rings. The molecular formula is C13H22N2O3. The lowest BCUT2D eigenvalue weighted by Gasteiger charge is -2.45. The van der Waals surface area contributed by atoms with Gasteiger partial charge in [0.2, 0.25) is 5.91 Å². The van der Waals surface area contributed by atoms with Crippen molar-refractivity contribution in [1.82, 2.24) is 9.80 Å². The predicted octanol–water partition coefficient (Wildman–Crippen LogP) is 0.936. The largest absolute Gasteiger partial charge is 0.479 e. The first-order valence-corrected chi connectivity index (χ1v) is 6.77. The highest BCUT2D eigenvalue weighted by atomic mass is 16.4. The molecule has 0 aromatic carbocycles. The van der Waals surface area contributed by atoms with Gasteiger partial charge in [-0.3, -0.25) is 4.79 Å². The van der Waals surface area contributed by atoms with Crippen LogP contribution >= 0.6 is 0 Å². The summed E-state index contributed by atoms with van der Waals surface area (Å²) in [5.41, 5.74) is -0.960. The fourth-order valence-corrected chi connectivity index (χ4v) is 3.04. The lowest BCUT2D eigenvalue weighted by Crippen LogP contribution is -2.62. The Balaban J connectivity index is 2.21. The highest BCUT2D eigenvalue weighted by Crippen LogP contribution is 2.38. The highest BCUT2D eigenvalue weighted by Gasteiger charge is 2.52. The number of hydrogen-bond acceptors (Lipinski definition) is 3. The molecule has 1 saturated heterocycles. The number of carbonyl (C=O) groups is 2. The zero-order valence-corrected chi connectivity index (χ0v) is 11.2. The SMILES string of the molecule is CCN1CCC(C(=O)O)(N(C(C)=O)C2CC2)CC1. The van der Waals surface area contributed by atoms with Crippen molar-refractivity contribution in [3.05, 3.63) is 0 Å². The van der Waals surface area contributed by atoms with Crippen molar-refractivity contribution in [2.75, 3.05) is 19.6 Å². The molecular weight excluding hydrogens is 232 g/mol. The van der Waals surface area contributed by atoms with Crippen LogP contribution in [0, 0.1) is 0 Å². The van der Waals surface area contributed by atoms with Crippen LogP contribution in [-0.2, 0) is 9.59 Å². The fourth-order valence-electron chi connectivity index (χ4n) is 3.04. The Kier molecular flexibility index (Phi) is 3.61. The summed E-state index contributed by atoms with van der Waals surface area (Å²) in [4.78, 5) is 27.5. The van der Waals surface area contributed by atoms with Crippen molar-refractivity contribution in [1.29, 1.82) is 0 Å². The summed E-state index contributed by atoms with van der Waals surface area (Å²) >= 11 is 0. The van der Waals surface area contributed by atoms with Gasteiger partial charge in [-0.2, -0.15) is 0 Å². The summed E-state index contributed by atoms with van der Waals surface area (Å²) in [6.45, 7) is 6.05. The second-order valence-electron chi connectivity index (χ2n) is 5.39. The van der Waals surface area contributed by atoms with Gasteiger partial charge in [0, 0.05) is 26.1 Å². The molecule has 18 heavy (non-hydrogen) atoms. The average molecular weight is 254 g/mol. The van der Waals surface area contributed by atoms with E-state index in [-0.39, 0.29) is 11.9 Å². The third kappa shape index (κ3) is 2.23. The van der Waals surface area contributed by atoms with Crippen LogP contribution < -0.4 is 0 Å². The van der Waals surface area contributed by atoms with Gasteiger partial charge in [0.05, 0.1) is 0 Å². The second-order valence-corrected chi connectivity index (χ2v) is 5.39. The monoisotopic (exact) mass is 254 g/mol. The minimum atomic E-state index is -0.960. The van der Waals surface area contributed by atoms with E-state index in [0.717, 1.165) is 32.5 Å². The van der Waals surface area contributed by atoms with Crippen molar-refractivity contribution in [3.63, 3.8) is 0 Å². The normalized spacial score (nSPS) is 23.7. The van der Waals surface area contributed by atoms with Crippen molar-refractivity contribution >= 4 is 11.9 Å². The van der Waals surface area contributed by atoms with Crippen molar-refractivity contribution in [2.45, 2.75) is 51.1 Å². The minimum Gasteiger partial charge on any atom is -0.479 e. The highest BCUT2D eigenvalue weighted by molar-refractivity contribution is 5.86. The van der Waals surface area contributed by atoms with E-state index in [1.54, 1.807) is 4.90 Å². The van der Waals surface area contributed by atoms with Crippen LogP contribution in [0.1, 0.15) is 39.5 Å². The van der Waals surface area contributed by atoms with Gasteiger partial charge in [-0.25, -0.2) is 4.79 Å². The molecule has 0 aromatic heterocycles. The molecule has 0 spiro atoms. The molecule has 0 radical (unpaired) electrons. The van der Waals surface area contributed by atoms with Crippen LogP contribution in [0.5, 0.6) is 0 Å². The van der Waals surface area contributed by atoms with E-state index in [1.165, 1.54) is 6.92 Å². The molecule has 0 atom stereocenters. The van der Waals surface area contributed by atoms with E-state index in [2.05, 4.69) is 11.8 Å². The van der Waals surface area contributed by atoms with Crippen LogP contribution in [0.2, 0.25) is 0 Å². The van der Waals surface area contributed by atoms with Gasteiger partial charge >= 0.3 is 5.97 Å². The van der Waals surface area contributed by atoms with Crippen LogP contribution in [0.3, 0.4) is 0 Å². The molecule has 0 unspecified atom stereocenters. The van der Waals surface area contributed by atoms with Crippen molar-refractivity contribution < 1.29 is 14.7 Å². The van der Waals surface area contributed by atoms with E-state index in [4.69, 9.17) is 0 Å². The van der Waals surface area contributed by atoms with Gasteiger partial charge in [0.1, 0.15) is 5.54 Å². The number of aliphatic carboxylic acids is 1. The van der Waals surface area contributed by atoms with Gasteiger partial charge < -0.3 is 14.9 Å². The molecule has 1 saturated carbocycles. The average Bonchev–Trinajstić information content (AvgIpc) is 3.13. The summed E-state index contributed by atoms with van der Waals surface area (Å²) in [5, 5.41) is 9.63. The summed E-state index contributed by atoms with van der Waals surface area (Å²) < 4.78 is 0. The number of nitrogens with zero attached hydrogens (tertiary/aromatic N) is 2. The van der Waals surface area contributed by atoms with Gasteiger partial charge in [0.15, 0.2) is 0 Å². The lowest BCUT2D eigenvalue weighted by molar-refractivity contribution is -0.163. The van der Waals surface area contributed by atoms with Gasteiger partial charge in [0.25, 0.3) is 0 Å². The first-order chi connectivity index (χ1) is 8.51. The molecule has 0 aromatic rings. The zero-order chi connectivity index (χ0) is 13.3. The van der Waals surface area contributed by atoms with E-state index in [1.807, 2.05) is 0 Å². The number of carboxylic acids is 1. The molecule has 2 fully saturated rings. The molecule has 1 aliphatic carbocycles. The molecule has 1 heterocycles. The number of carboxylic acid groups (broad SMARTS) is 1. The molecule has 0 bridgehead atoms. The van der Waals surface area contributed by atoms with Gasteiger partial charge in [-0.15, -0.1) is 0 Å². The Hall–Kier alpha value is -1.10. The smallest absolute Gasteiger partial charge is 0.329 e. The van der Waals surface area contributed by atoms with Crippen molar-refractivity contribution in [2.24, 2.45) is 0 Å². The molecule has 2 rings (SSSR count). The molecule has 1 N–H and O–H groups in total. The van der Waals surface area contributed by atoms with Gasteiger partial charge in [-0.05, 0) is 32.2 Å².